The van der Waals surface area contributed by atoms with E-state index >= 15 is 0 Å². The minimum Gasteiger partial charge on any atom is -0.396 e. The average molecular weight is 417 g/mol. The fraction of sp³-hybridized carbons (Fsp3) is 0. The lowest BCUT2D eigenvalue weighted by Gasteiger charge is -2.06. The summed E-state index contributed by atoms with van der Waals surface area (Å²) in [7, 11) is 0. The molecule has 31 heavy (non-hydrogen) atoms. The van der Waals surface area contributed by atoms with Gasteiger partial charge in [0.1, 0.15) is 11.5 Å². The Labute approximate surface area is 173 Å². The lowest BCUT2D eigenvalue weighted by Crippen LogP contribution is -2.09. The van der Waals surface area contributed by atoms with Crippen molar-refractivity contribution < 1.29 is 13.6 Å². The fourth-order valence-corrected chi connectivity index (χ4v) is 3.25. The van der Waals surface area contributed by atoms with E-state index < -0.39 is 23.0 Å². The van der Waals surface area contributed by atoms with Crippen molar-refractivity contribution in [2.45, 2.75) is 0 Å². The number of hydrogen-bond donors (Lipinski definition) is 2. The predicted molar refractivity (Wildman–Crippen MR) is 108 cm³/mol. The van der Waals surface area contributed by atoms with Crippen molar-refractivity contribution in [1.82, 2.24) is 29.7 Å². The zero-order valence-electron chi connectivity index (χ0n) is 15.8. The molecule has 0 fully saturated rings. The number of aromatic amines is 1. The highest BCUT2D eigenvalue weighted by molar-refractivity contribution is 6.16. The molecular formula is C21H13F2N7O. The summed E-state index contributed by atoms with van der Waals surface area (Å²) in [6.45, 7) is 0. The highest BCUT2D eigenvalue weighted by Crippen LogP contribution is 2.28. The Morgan fingerprint density at radius 1 is 1.06 bits per heavy atom. The molecular weight excluding hydrogens is 404 g/mol. The van der Waals surface area contributed by atoms with Crippen molar-refractivity contribution in [1.29, 1.82) is 0 Å². The number of hydrogen-bond acceptors (Lipinski definition) is 6. The summed E-state index contributed by atoms with van der Waals surface area (Å²) in [6, 6.07) is 5.43. The number of nitrogens with zero attached hydrogens (tertiary/aromatic N) is 5. The van der Waals surface area contributed by atoms with Gasteiger partial charge in [0.05, 0.1) is 17.4 Å². The molecule has 0 saturated carbocycles. The normalized spacial score (nSPS) is 11.2. The molecule has 1 aromatic carbocycles. The van der Waals surface area contributed by atoms with Crippen LogP contribution in [0.1, 0.15) is 15.9 Å². The smallest absolute Gasteiger partial charge is 0.250 e. The summed E-state index contributed by atoms with van der Waals surface area (Å²) in [5, 5.41) is 4.65. The van der Waals surface area contributed by atoms with Crippen LogP contribution >= 0.6 is 0 Å². The molecule has 152 valence electrons. The molecule has 0 aliphatic heterocycles. The summed E-state index contributed by atoms with van der Waals surface area (Å²) < 4.78 is 30.1. The molecule has 0 unspecified atom stereocenters. The number of carbonyl (C=O) groups is 1. The van der Waals surface area contributed by atoms with E-state index in [2.05, 4.69) is 25.0 Å². The minimum absolute atomic E-state index is 0.0755. The molecule has 8 nitrogen and oxygen atoms in total. The maximum Gasteiger partial charge on any atom is 0.250 e. The highest BCUT2D eigenvalue weighted by Gasteiger charge is 2.24. The number of fused-ring (bicyclic) bond motifs is 1. The first-order valence-corrected chi connectivity index (χ1v) is 9.10. The van der Waals surface area contributed by atoms with Gasteiger partial charge in [-0.3, -0.25) is 4.79 Å². The molecule has 0 amide bonds. The second-order valence-electron chi connectivity index (χ2n) is 6.70. The van der Waals surface area contributed by atoms with Crippen LogP contribution in [0.2, 0.25) is 0 Å². The van der Waals surface area contributed by atoms with E-state index in [9.17, 15) is 13.6 Å². The predicted octanol–water partition coefficient (Wildman–Crippen LogP) is 3.30. The largest absolute Gasteiger partial charge is 0.396 e. The third kappa shape index (κ3) is 3.10. The van der Waals surface area contributed by atoms with Gasteiger partial charge in [0.25, 0.3) is 0 Å². The van der Waals surface area contributed by atoms with Crippen LogP contribution in [0.3, 0.4) is 0 Å². The molecule has 0 bridgehead atoms. The van der Waals surface area contributed by atoms with Gasteiger partial charge in [0.2, 0.25) is 11.7 Å². The van der Waals surface area contributed by atoms with E-state index in [4.69, 9.17) is 5.73 Å². The van der Waals surface area contributed by atoms with E-state index in [-0.39, 0.29) is 11.3 Å². The number of nitrogens with one attached hydrogen (secondary N) is 1. The third-order valence-electron chi connectivity index (χ3n) is 4.80. The molecule has 10 heteroatoms. The monoisotopic (exact) mass is 417 g/mol. The molecule has 4 heterocycles. The number of benzene rings is 1. The first kappa shape index (κ1) is 18.6. The molecule has 0 saturated heterocycles. The van der Waals surface area contributed by atoms with Gasteiger partial charge < -0.3 is 10.7 Å². The highest BCUT2D eigenvalue weighted by atomic mass is 19.1. The number of pyridine rings is 1. The van der Waals surface area contributed by atoms with Crippen molar-refractivity contribution in [3.63, 3.8) is 0 Å². The standard InChI is InChI=1S/C21H13F2N7O/c22-15-2-3-16(24)18(23)17(15)19(31)14-9-28-20-13(14)6-11(7-27-20)12-8-29-30(10-12)21-25-4-1-5-26-21/h1-10H,24H2,(H,27,28). The van der Waals surface area contributed by atoms with E-state index in [1.807, 2.05) is 0 Å². The zero-order chi connectivity index (χ0) is 21.5. The van der Waals surface area contributed by atoms with Gasteiger partial charge in [-0.2, -0.15) is 5.10 Å². The molecule has 0 atom stereocenters. The first-order chi connectivity index (χ1) is 15.0. The van der Waals surface area contributed by atoms with Crippen molar-refractivity contribution in [3.05, 3.63) is 84.2 Å². The summed E-state index contributed by atoms with van der Waals surface area (Å²) >= 11 is 0. The van der Waals surface area contributed by atoms with Crippen LogP contribution in [0.4, 0.5) is 14.5 Å². The number of rotatable bonds is 4. The van der Waals surface area contributed by atoms with Crippen LogP contribution in [0.5, 0.6) is 0 Å². The Bertz CT molecular complexity index is 1440. The molecule has 4 aromatic heterocycles. The molecule has 0 spiro atoms. The van der Waals surface area contributed by atoms with Crippen molar-refractivity contribution in [2.75, 3.05) is 5.73 Å². The SMILES string of the molecule is Nc1ccc(F)c(C(=O)c2c[nH]c3ncc(-c4cnn(-c5ncccn5)c4)cc23)c1F. The van der Waals surface area contributed by atoms with Crippen LogP contribution in [0, 0.1) is 11.6 Å². The van der Waals surface area contributed by atoms with Crippen molar-refractivity contribution in [3.8, 4) is 17.1 Å². The van der Waals surface area contributed by atoms with Gasteiger partial charge in [-0.15, -0.1) is 0 Å². The van der Waals surface area contributed by atoms with E-state index in [1.165, 1.54) is 10.9 Å². The van der Waals surface area contributed by atoms with Gasteiger partial charge in [0.15, 0.2) is 5.82 Å². The number of ketones is 1. The number of H-pyrrole nitrogens is 1. The van der Waals surface area contributed by atoms with Gasteiger partial charge >= 0.3 is 0 Å². The van der Waals surface area contributed by atoms with Crippen molar-refractivity contribution in [2.24, 2.45) is 0 Å². The molecule has 3 N–H and O–H groups in total. The minimum atomic E-state index is -1.09. The van der Waals surface area contributed by atoms with Gasteiger partial charge in [-0.1, -0.05) is 0 Å². The molecule has 5 rings (SSSR count). The molecule has 5 aromatic rings. The molecule has 0 radical (unpaired) electrons. The van der Waals surface area contributed by atoms with E-state index in [1.54, 1.807) is 43.1 Å². The Morgan fingerprint density at radius 2 is 1.87 bits per heavy atom. The van der Waals surface area contributed by atoms with Crippen LogP contribution in [-0.4, -0.2) is 35.5 Å². The lowest BCUT2D eigenvalue weighted by atomic mass is 10.0. The number of carbonyl (C=O) groups excluding carboxylic acids is 1. The fourth-order valence-electron chi connectivity index (χ4n) is 3.25. The maximum atomic E-state index is 14.4. The van der Waals surface area contributed by atoms with Crippen LogP contribution in [0.15, 0.2) is 61.4 Å². The number of halogens is 2. The topological polar surface area (TPSA) is 115 Å². The van der Waals surface area contributed by atoms with Gasteiger partial charge in [0, 0.05) is 53.1 Å². The van der Waals surface area contributed by atoms with Crippen LogP contribution < -0.4 is 5.73 Å². The number of nitrogens with two attached hydrogens (primary N) is 1. The summed E-state index contributed by atoms with van der Waals surface area (Å²) in [4.78, 5) is 28.4. The third-order valence-corrected chi connectivity index (χ3v) is 4.80. The van der Waals surface area contributed by atoms with Crippen LogP contribution in [-0.2, 0) is 0 Å². The Balaban J connectivity index is 1.58. The van der Waals surface area contributed by atoms with Gasteiger partial charge in [-0.05, 0) is 24.3 Å². The second kappa shape index (κ2) is 7.10. The average Bonchev–Trinajstić information content (AvgIpc) is 3.44. The van der Waals surface area contributed by atoms with Gasteiger partial charge in [-0.25, -0.2) is 28.4 Å². The second-order valence-corrected chi connectivity index (χ2v) is 6.70. The quantitative estimate of drug-likeness (QED) is 0.342. The number of aromatic nitrogens is 6. The summed E-state index contributed by atoms with van der Waals surface area (Å²) in [5.41, 5.74) is 6.32. The zero-order valence-corrected chi connectivity index (χ0v) is 15.8. The van der Waals surface area contributed by atoms with Crippen LogP contribution in [0.25, 0.3) is 28.1 Å². The Hall–Kier alpha value is -4.47. The van der Waals surface area contributed by atoms with Crippen molar-refractivity contribution >= 4 is 22.5 Å². The first-order valence-electron chi connectivity index (χ1n) is 9.10. The Kier molecular flexibility index (Phi) is 4.25. The van der Waals surface area contributed by atoms with E-state index in [0.717, 1.165) is 12.1 Å². The molecule has 0 aliphatic carbocycles. The maximum absolute atomic E-state index is 14.4. The van der Waals surface area contributed by atoms with E-state index in [0.29, 0.717) is 28.1 Å². The summed E-state index contributed by atoms with van der Waals surface area (Å²) in [6.07, 6.45) is 9.48. The summed E-state index contributed by atoms with van der Waals surface area (Å²) in [5.74, 6) is -2.51. The number of nitrogen functional groups attached to an aromatic ring is 1. The molecule has 0 aliphatic rings. The Morgan fingerprint density at radius 3 is 2.68 bits per heavy atom. The lowest BCUT2D eigenvalue weighted by molar-refractivity contribution is 0.103. The number of anilines is 1.